The predicted octanol–water partition coefficient (Wildman–Crippen LogP) is 1.25. The van der Waals surface area contributed by atoms with Gasteiger partial charge in [0.2, 0.25) is 0 Å². The zero-order chi connectivity index (χ0) is 7.33. The second kappa shape index (κ2) is 5.65. The zero-order valence-electron chi connectivity index (χ0n) is 7.42. The summed E-state index contributed by atoms with van der Waals surface area (Å²) in [5.74, 6) is 0. The number of nitrogens with zero attached hydrogens (tertiary/aromatic N) is 1. The van der Waals surface area contributed by atoms with Crippen molar-refractivity contribution in [2.24, 2.45) is 0 Å². The van der Waals surface area contributed by atoms with Crippen molar-refractivity contribution in [1.82, 2.24) is 0 Å². The van der Waals surface area contributed by atoms with Gasteiger partial charge in [-0.05, 0) is 20.8 Å². The van der Waals surface area contributed by atoms with Gasteiger partial charge in [-0.3, -0.25) is 0 Å². The van der Waals surface area contributed by atoms with Crippen molar-refractivity contribution in [3.05, 3.63) is 0 Å². The summed E-state index contributed by atoms with van der Waals surface area (Å²) in [7, 11) is 1.77. The molecule has 0 aliphatic carbocycles. The molecule has 0 saturated carbocycles. The lowest BCUT2D eigenvalue weighted by molar-refractivity contribution is -1.10. The lowest BCUT2D eigenvalue weighted by Crippen LogP contribution is -2.46. The molecule has 3 heteroatoms. The Morgan fingerprint density at radius 1 is 1.00 bits per heavy atom. The largest absolute Gasteiger partial charge is 0.870 e. The molecule has 0 aromatic heterocycles. The third-order valence-corrected chi connectivity index (χ3v) is 2.12. The molecule has 3 nitrogen and oxygen atoms in total. The van der Waals surface area contributed by atoms with Crippen molar-refractivity contribution in [3.8, 4) is 0 Å². The van der Waals surface area contributed by atoms with E-state index in [9.17, 15) is 0 Å². The van der Waals surface area contributed by atoms with Gasteiger partial charge in [0.05, 0.1) is 7.11 Å². The smallest absolute Gasteiger partial charge is 0.106 e. The Hall–Kier alpha value is -0.120. The second-order valence-corrected chi connectivity index (χ2v) is 2.19. The van der Waals surface area contributed by atoms with E-state index in [1.807, 2.05) is 0 Å². The molecule has 0 saturated heterocycles. The van der Waals surface area contributed by atoms with Crippen LogP contribution in [-0.2, 0) is 4.84 Å². The minimum Gasteiger partial charge on any atom is -0.870 e. The van der Waals surface area contributed by atoms with Crippen LogP contribution >= 0.6 is 0 Å². The summed E-state index contributed by atoms with van der Waals surface area (Å²) in [5.41, 5.74) is 0. The van der Waals surface area contributed by atoms with Crippen LogP contribution in [0.3, 0.4) is 0 Å². The normalized spacial score (nSPS) is 10.8. The Labute approximate surface area is 63.4 Å². The van der Waals surface area contributed by atoms with Gasteiger partial charge in [0, 0.05) is 0 Å². The van der Waals surface area contributed by atoms with Crippen LogP contribution in [0.15, 0.2) is 0 Å². The molecule has 0 bridgehead atoms. The third kappa shape index (κ3) is 2.64. The van der Waals surface area contributed by atoms with Crippen LogP contribution in [0.2, 0.25) is 0 Å². The molecule has 0 aliphatic rings. The number of hydrogen-bond acceptors (Lipinski definition) is 2. The second-order valence-electron chi connectivity index (χ2n) is 2.19. The van der Waals surface area contributed by atoms with Gasteiger partial charge in [0.1, 0.15) is 19.6 Å². The Kier molecular flexibility index (Phi) is 7.09. The van der Waals surface area contributed by atoms with Crippen molar-refractivity contribution in [2.45, 2.75) is 20.8 Å². The molecule has 64 valence electrons. The van der Waals surface area contributed by atoms with Gasteiger partial charge in [0.25, 0.3) is 0 Å². The predicted molar refractivity (Wildman–Crippen MR) is 40.8 cm³/mol. The first-order valence-corrected chi connectivity index (χ1v) is 3.66. The summed E-state index contributed by atoms with van der Waals surface area (Å²) in [6, 6.07) is 0. The average Bonchev–Trinajstić information content (AvgIpc) is 1.95. The quantitative estimate of drug-likeness (QED) is 0.445. The molecule has 0 aromatic rings. The van der Waals surface area contributed by atoms with Crippen molar-refractivity contribution in [2.75, 3.05) is 26.7 Å². The highest BCUT2D eigenvalue weighted by atomic mass is 16.7. The van der Waals surface area contributed by atoms with Crippen molar-refractivity contribution in [3.63, 3.8) is 0 Å². The molecule has 0 aliphatic heterocycles. The van der Waals surface area contributed by atoms with E-state index in [1.54, 1.807) is 7.11 Å². The van der Waals surface area contributed by atoms with Crippen molar-refractivity contribution >= 4 is 0 Å². The van der Waals surface area contributed by atoms with E-state index in [-0.39, 0.29) is 5.48 Å². The number of rotatable bonds is 4. The molecular formula is C7H19NO2. The molecule has 0 rings (SSSR count). The molecule has 1 N–H and O–H groups in total. The van der Waals surface area contributed by atoms with E-state index in [0.717, 1.165) is 24.3 Å². The Morgan fingerprint density at radius 3 is 1.30 bits per heavy atom. The SMILES string of the molecule is CC[N+](CC)(CC)OC.[OH-]. The van der Waals surface area contributed by atoms with Crippen LogP contribution in [0.1, 0.15) is 20.8 Å². The first-order chi connectivity index (χ1) is 4.24. The maximum atomic E-state index is 5.32. The summed E-state index contributed by atoms with van der Waals surface area (Å²) in [5, 5.41) is 0. The molecule has 0 fully saturated rings. The van der Waals surface area contributed by atoms with Crippen LogP contribution in [0.4, 0.5) is 0 Å². The lowest BCUT2D eigenvalue weighted by atomic mass is 10.5. The van der Waals surface area contributed by atoms with Gasteiger partial charge in [-0.15, -0.1) is 0 Å². The topological polar surface area (TPSA) is 39.2 Å². The molecule has 0 aromatic carbocycles. The third-order valence-electron chi connectivity index (χ3n) is 2.12. The standard InChI is InChI=1S/C7H18NO.H2O/c1-5-8(6-2,7-3)9-4;/h5-7H2,1-4H3;1H2/q+1;/p-1. The van der Waals surface area contributed by atoms with Crippen LogP contribution in [-0.4, -0.2) is 36.9 Å². The van der Waals surface area contributed by atoms with E-state index >= 15 is 0 Å². The first kappa shape index (κ1) is 12.5. The van der Waals surface area contributed by atoms with Crippen molar-refractivity contribution < 1.29 is 15.0 Å². The average molecular weight is 149 g/mol. The van der Waals surface area contributed by atoms with Crippen LogP contribution in [0.5, 0.6) is 0 Å². The molecule has 0 radical (unpaired) electrons. The molecule has 0 amide bonds. The maximum absolute atomic E-state index is 5.32. The summed E-state index contributed by atoms with van der Waals surface area (Å²) < 4.78 is 0.778. The highest BCUT2D eigenvalue weighted by molar-refractivity contribution is 4.20. The molecule has 0 heterocycles. The highest BCUT2D eigenvalue weighted by Gasteiger charge is 2.19. The van der Waals surface area contributed by atoms with E-state index in [0.29, 0.717) is 0 Å². The van der Waals surface area contributed by atoms with E-state index < -0.39 is 0 Å². The summed E-state index contributed by atoms with van der Waals surface area (Å²) in [4.78, 5) is 5.32. The molecule has 0 atom stereocenters. The van der Waals surface area contributed by atoms with Gasteiger partial charge >= 0.3 is 0 Å². The van der Waals surface area contributed by atoms with Crippen LogP contribution in [0.25, 0.3) is 0 Å². The zero-order valence-corrected chi connectivity index (χ0v) is 7.42. The van der Waals surface area contributed by atoms with Gasteiger partial charge in [-0.1, -0.05) is 0 Å². The Bertz CT molecular complexity index is 54.5. The summed E-state index contributed by atoms with van der Waals surface area (Å²) in [6.07, 6.45) is 0. The lowest BCUT2D eigenvalue weighted by Gasteiger charge is -2.30. The fourth-order valence-corrected chi connectivity index (χ4v) is 1.06. The van der Waals surface area contributed by atoms with Crippen molar-refractivity contribution in [1.29, 1.82) is 0 Å². The summed E-state index contributed by atoms with van der Waals surface area (Å²) in [6.45, 7) is 9.62. The fraction of sp³-hybridized carbons (Fsp3) is 1.00. The molecular weight excluding hydrogens is 130 g/mol. The Morgan fingerprint density at radius 2 is 1.30 bits per heavy atom. The maximum Gasteiger partial charge on any atom is 0.106 e. The number of hydrogen-bond donors (Lipinski definition) is 0. The summed E-state index contributed by atoms with van der Waals surface area (Å²) >= 11 is 0. The minimum atomic E-state index is 0. The van der Waals surface area contributed by atoms with Gasteiger partial charge in [-0.2, -0.15) is 4.65 Å². The fourth-order valence-electron chi connectivity index (χ4n) is 1.06. The van der Waals surface area contributed by atoms with E-state index in [1.165, 1.54) is 0 Å². The molecule has 0 spiro atoms. The van der Waals surface area contributed by atoms with Crippen LogP contribution < -0.4 is 0 Å². The van der Waals surface area contributed by atoms with Gasteiger partial charge in [-0.25, -0.2) is 4.84 Å². The number of hydroxylamine groups is 3. The first-order valence-electron chi connectivity index (χ1n) is 3.66. The molecule has 10 heavy (non-hydrogen) atoms. The Balaban J connectivity index is 0. The van der Waals surface area contributed by atoms with Crippen LogP contribution in [0, 0.1) is 0 Å². The monoisotopic (exact) mass is 149 g/mol. The van der Waals surface area contributed by atoms with Gasteiger partial charge < -0.3 is 5.48 Å². The van der Waals surface area contributed by atoms with E-state index in [2.05, 4.69) is 20.8 Å². The molecule has 0 unspecified atom stereocenters. The number of quaternary nitrogens is 1. The van der Waals surface area contributed by atoms with E-state index in [4.69, 9.17) is 4.84 Å². The van der Waals surface area contributed by atoms with Gasteiger partial charge in [0.15, 0.2) is 0 Å². The highest BCUT2D eigenvalue weighted by Crippen LogP contribution is 2.03. The minimum absolute atomic E-state index is 0.